The lowest BCUT2D eigenvalue weighted by Crippen LogP contribution is -2.28. The first-order chi connectivity index (χ1) is 16.8. The molecule has 0 N–H and O–H groups in total. The molecule has 8 heteroatoms. The molecule has 4 aromatic rings. The molecule has 0 fully saturated rings. The van der Waals surface area contributed by atoms with Gasteiger partial charge in [-0.2, -0.15) is 5.10 Å². The number of esters is 1. The highest BCUT2D eigenvalue weighted by atomic mass is 32.1. The van der Waals surface area contributed by atoms with E-state index in [1.54, 1.807) is 35.6 Å². The van der Waals surface area contributed by atoms with Crippen LogP contribution in [0.2, 0.25) is 0 Å². The summed E-state index contributed by atoms with van der Waals surface area (Å²) in [5, 5.41) is 7.16. The number of aryl methyl sites for hydroxylation is 2. The predicted molar refractivity (Wildman–Crippen MR) is 137 cm³/mol. The summed E-state index contributed by atoms with van der Waals surface area (Å²) in [5.74, 6) is -0.825. The highest BCUT2D eigenvalue weighted by Gasteiger charge is 2.21. The minimum Gasteiger partial charge on any atom is -0.452 e. The number of rotatable bonds is 9. The quantitative estimate of drug-likeness (QED) is 0.248. The number of ether oxygens (including phenoxy) is 1. The third kappa shape index (κ3) is 5.27. The van der Waals surface area contributed by atoms with Gasteiger partial charge in [-0.3, -0.25) is 9.59 Å². The minimum atomic E-state index is -0.724. The number of carbonyl (C=O) groups excluding carboxylic acids is 2. The monoisotopic (exact) mass is 491 g/mol. The SMILES string of the molecule is Cc1cc(C(=O)COC(=O)c2nn(CC(C)C)c(=O)c3ccccc23)c(C)n1CCc1cccs1. The van der Waals surface area contributed by atoms with E-state index in [2.05, 4.69) is 21.1 Å². The maximum atomic E-state index is 13.0. The van der Waals surface area contributed by atoms with Crippen molar-refractivity contribution < 1.29 is 14.3 Å². The van der Waals surface area contributed by atoms with Gasteiger partial charge in [0.1, 0.15) is 0 Å². The molecule has 0 aliphatic carbocycles. The van der Waals surface area contributed by atoms with E-state index in [9.17, 15) is 14.4 Å². The fourth-order valence-electron chi connectivity index (χ4n) is 4.24. The molecule has 3 heterocycles. The van der Waals surface area contributed by atoms with Gasteiger partial charge < -0.3 is 9.30 Å². The van der Waals surface area contributed by atoms with Crippen molar-refractivity contribution >= 4 is 33.9 Å². The van der Waals surface area contributed by atoms with E-state index in [0.29, 0.717) is 22.9 Å². The Bertz CT molecular complexity index is 1430. The Hall–Kier alpha value is -3.52. The minimum absolute atomic E-state index is 0.0371. The van der Waals surface area contributed by atoms with E-state index < -0.39 is 12.6 Å². The molecule has 0 atom stereocenters. The first kappa shape index (κ1) is 24.6. The summed E-state index contributed by atoms with van der Waals surface area (Å²) >= 11 is 1.72. The van der Waals surface area contributed by atoms with Gasteiger partial charge in [-0.1, -0.05) is 38.1 Å². The number of nitrogens with zero attached hydrogens (tertiary/aromatic N) is 3. The summed E-state index contributed by atoms with van der Waals surface area (Å²) in [7, 11) is 0. The van der Waals surface area contributed by atoms with Gasteiger partial charge in [-0.05, 0) is 49.8 Å². The number of hydrogen-bond acceptors (Lipinski definition) is 6. The number of Topliss-reactive ketones (excluding diaryl/α,β-unsaturated/α-hetero) is 1. The number of aromatic nitrogens is 3. The maximum Gasteiger partial charge on any atom is 0.359 e. The summed E-state index contributed by atoms with van der Waals surface area (Å²) in [5.41, 5.74) is 2.17. The van der Waals surface area contributed by atoms with Crippen LogP contribution in [-0.2, 0) is 24.2 Å². The zero-order valence-corrected chi connectivity index (χ0v) is 21.2. The Morgan fingerprint density at radius 3 is 2.51 bits per heavy atom. The molecule has 0 bridgehead atoms. The van der Waals surface area contributed by atoms with Gasteiger partial charge in [-0.25, -0.2) is 9.48 Å². The van der Waals surface area contributed by atoms with Crippen molar-refractivity contribution in [2.45, 2.75) is 47.2 Å². The molecular weight excluding hydrogens is 462 g/mol. The number of benzene rings is 1. The summed E-state index contributed by atoms with van der Waals surface area (Å²) in [4.78, 5) is 40.0. The number of carbonyl (C=O) groups is 2. The van der Waals surface area contributed by atoms with Crippen LogP contribution in [0.25, 0.3) is 10.8 Å². The number of hydrogen-bond donors (Lipinski definition) is 0. The van der Waals surface area contributed by atoms with Gasteiger partial charge in [0.05, 0.1) is 5.39 Å². The van der Waals surface area contributed by atoms with Crippen molar-refractivity contribution in [1.82, 2.24) is 14.3 Å². The van der Waals surface area contributed by atoms with E-state index in [1.165, 1.54) is 9.56 Å². The average Bonchev–Trinajstić information content (AvgIpc) is 3.45. The van der Waals surface area contributed by atoms with Crippen molar-refractivity contribution in [3.8, 4) is 0 Å². The molecule has 0 aliphatic heterocycles. The summed E-state index contributed by atoms with van der Waals surface area (Å²) in [6.45, 7) is 8.57. The molecule has 0 saturated carbocycles. The van der Waals surface area contributed by atoms with E-state index in [1.807, 2.05) is 39.8 Å². The topological polar surface area (TPSA) is 83.2 Å². The molecule has 1 aromatic carbocycles. The second kappa shape index (κ2) is 10.4. The second-order valence-corrected chi connectivity index (χ2v) is 10.1. The first-order valence-corrected chi connectivity index (χ1v) is 12.5. The molecule has 0 aliphatic rings. The van der Waals surface area contributed by atoms with E-state index in [-0.39, 0.29) is 23.0 Å². The number of ketones is 1. The van der Waals surface area contributed by atoms with Gasteiger partial charge in [0.2, 0.25) is 5.78 Å². The number of thiophene rings is 1. The van der Waals surface area contributed by atoms with Crippen molar-refractivity contribution in [3.05, 3.63) is 85.7 Å². The molecule has 0 unspecified atom stereocenters. The van der Waals surface area contributed by atoms with Gasteiger partial charge in [0.25, 0.3) is 5.56 Å². The van der Waals surface area contributed by atoms with Crippen molar-refractivity contribution in [2.75, 3.05) is 6.61 Å². The van der Waals surface area contributed by atoms with E-state index in [0.717, 1.165) is 24.4 Å². The predicted octanol–water partition coefficient (Wildman–Crippen LogP) is 4.81. The Morgan fingerprint density at radius 2 is 1.83 bits per heavy atom. The normalized spacial score (nSPS) is 11.3. The van der Waals surface area contributed by atoms with Crippen LogP contribution in [0.5, 0.6) is 0 Å². The van der Waals surface area contributed by atoms with Crippen LogP contribution in [0.1, 0.15) is 51.0 Å². The fraction of sp³-hybridized carbons (Fsp3) is 0.333. The van der Waals surface area contributed by atoms with Crippen LogP contribution in [0.3, 0.4) is 0 Å². The van der Waals surface area contributed by atoms with E-state index >= 15 is 0 Å². The molecule has 4 rings (SSSR count). The van der Waals surface area contributed by atoms with Crippen LogP contribution in [0, 0.1) is 19.8 Å². The standard InChI is InChI=1S/C27H29N3O4S/c1-17(2)15-30-26(32)22-10-6-5-9-21(22)25(28-30)27(33)34-16-24(31)23-14-18(3)29(19(23)4)12-11-20-8-7-13-35-20/h5-10,13-14,17H,11-12,15-16H2,1-4H3. The molecule has 182 valence electrons. The third-order valence-corrected chi connectivity index (χ3v) is 6.91. The molecule has 0 spiro atoms. The second-order valence-electron chi connectivity index (χ2n) is 9.04. The summed E-state index contributed by atoms with van der Waals surface area (Å²) < 4.78 is 8.82. The first-order valence-electron chi connectivity index (χ1n) is 11.7. The van der Waals surface area contributed by atoms with Crippen molar-refractivity contribution in [1.29, 1.82) is 0 Å². The highest BCUT2D eigenvalue weighted by molar-refractivity contribution is 7.09. The third-order valence-electron chi connectivity index (χ3n) is 5.97. The van der Waals surface area contributed by atoms with E-state index in [4.69, 9.17) is 4.74 Å². The van der Waals surface area contributed by atoms with Crippen LogP contribution < -0.4 is 5.56 Å². The average molecular weight is 492 g/mol. The molecule has 0 radical (unpaired) electrons. The van der Waals surface area contributed by atoms with Gasteiger partial charge in [0, 0.05) is 40.3 Å². The molecule has 35 heavy (non-hydrogen) atoms. The highest BCUT2D eigenvalue weighted by Crippen LogP contribution is 2.19. The zero-order valence-electron chi connectivity index (χ0n) is 20.4. The lowest BCUT2D eigenvalue weighted by molar-refractivity contribution is 0.0468. The molecule has 3 aromatic heterocycles. The Labute approximate surface area is 208 Å². The van der Waals surface area contributed by atoms with Crippen LogP contribution in [-0.4, -0.2) is 32.7 Å². The van der Waals surface area contributed by atoms with Crippen molar-refractivity contribution in [2.24, 2.45) is 5.92 Å². The lowest BCUT2D eigenvalue weighted by atomic mass is 10.1. The molecular formula is C27H29N3O4S. The van der Waals surface area contributed by atoms with Crippen LogP contribution in [0.15, 0.2) is 52.6 Å². The Morgan fingerprint density at radius 1 is 1.09 bits per heavy atom. The smallest absolute Gasteiger partial charge is 0.359 e. The van der Waals surface area contributed by atoms with Crippen LogP contribution in [0.4, 0.5) is 0 Å². The lowest BCUT2D eigenvalue weighted by Gasteiger charge is -2.12. The molecule has 7 nitrogen and oxygen atoms in total. The summed E-state index contributed by atoms with van der Waals surface area (Å²) in [6, 6.07) is 12.8. The molecule has 0 saturated heterocycles. The maximum absolute atomic E-state index is 13.0. The zero-order chi connectivity index (χ0) is 25.1. The fourth-order valence-corrected chi connectivity index (χ4v) is 4.94. The Balaban J connectivity index is 1.52. The molecule has 0 amide bonds. The van der Waals surface area contributed by atoms with Gasteiger partial charge >= 0.3 is 5.97 Å². The summed E-state index contributed by atoms with van der Waals surface area (Å²) in [6.07, 6.45) is 0.890. The number of fused-ring (bicyclic) bond motifs is 1. The van der Waals surface area contributed by atoms with Crippen molar-refractivity contribution in [3.63, 3.8) is 0 Å². The Kier molecular flexibility index (Phi) is 7.31. The van der Waals surface area contributed by atoms with Gasteiger partial charge in [0.15, 0.2) is 12.3 Å². The van der Waals surface area contributed by atoms with Crippen LogP contribution >= 0.6 is 11.3 Å². The van der Waals surface area contributed by atoms with Gasteiger partial charge in [-0.15, -0.1) is 11.3 Å². The largest absolute Gasteiger partial charge is 0.452 e.